The Bertz CT molecular complexity index is 2990. The molecule has 9 aromatic rings. The average molecular weight is 745 g/mol. The molecular weight excluding hydrogens is 701 g/mol. The molecule has 5 aliphatic rings. The second-order valence-corrected chi connectivity index (χ2v) is 17.7. The maximum Gasteiger partial charge on any atom is 0.0543 e. The Morgan fingerprint density at radius 1 is 0.448 bits per heavy atom. The van der Waals surface area contributed by atoms with Crippen LogP contribution in [0.1, 0.15) is 43.2 Å². The fourth-order valence-corrected chi connectivity index (χ4v) is 12.9. The van der Waals surface area contributed by atoms with E-state index < -0.39 is 0 Å². The topological polar surface area (TPSA) is 8.17 Å². The zero-order chi connectivity index (χ0) is 38.0. The zero-order valence-electron chi connectivity index (χ0n) is 32.6. The van der Waals surface area contributed by atoms with Gasteiger partial charge in [0.2, 0.25) is 0 Å². The summed E-state index contributed by atoms with van der Waals surface area (Å²) in [6, 6.07) is 68.4. The third kappa shape index (κ3) is 4.55. The molecule has 4 bridgehead atoms. The lowest BCUT2D eigenvalue weighted by molar-refractivity contribution is -0.0399. The molecule has 4 fully saturated rings. The predicted octanol–water partition coefficient (Wildman–Crippen LogP) is 14.8. The summed E-state index contributed by atoms with van der Waals surface area (Å²) in [6.07, 6.45) is 7.02. The maximum atomic E-state index is 2.55. The van der Waals surface area contributed by atoms with Crippen LogP contribution in [-0.2, 0) is 5.41 Å². The number of aromatic nitrogens is 1. The van der Waals surface area contributed by atoms with Gasteiger partial charge in [-0.2, -0.15) is 0 Å². The number of nitrogens with zero attached hydrogens (tertiary/aromatic N) is 2. The van der Waals surface area contributed by atoms with Gasteiger partial charge in [0.25, 0.3) is 0 Å². The molecule has 0 N–H and O–H groups in total. The molecule has 278 valence electrons. The first kappa shape index (κ1) is 32.7. The average Bonchev–Trinajstić information content (AvgIpc) is 3.77. The van der Waals surface area contributed by atoms with Gasteiger partial charge < -0.3 is 9.47 Å². The molecule has 0 saturated heterocycles. The van der Waals surface area contributed by atoms with Crippen LogP contribution in [-0.4, -0.2) is 4.57 Å². The summed E-state index contributed by atoms with van der Waals surface area (Å²) in [6.45, 7) is 0. The van der Waals surface area contributed by atoms with E-state index in [9.17, 15) is 0 Å². The number of rotatable bonds is 5. The largest absolute Gasteiger partial charge is 0.310 e. The van der Waals surface area contributed by atoms with Crippen LogP contribution in [0.25, 0.3) is 60.5 Å². The lowest BCUT2D eigenvalue weighted by Crippen LogP contribution is -2.55. The lowest BCUT2D eigenvalue weighted by Gasteiger charge is -2.61. The molecule has 0 radical (unpaired) electrons. The fraction of sp³-hybridized carbons (Fsp3) is 0.179. The van der Waals surface area contributed by atoms with Crippen molar-refractivity contribution in [2.24, 2.45) is 23.7 Å². The highest BCUT2D eigenvalue weighted by Gasteiger charge is 2.61. The van der Waals surface area contributed by atoms with Crippen molar-refractivity contribution in [1.29, 1.82) is 0 Å². The van der Waals surface area contributed by atoms with E-state index in [1.807, 2.05) is 0 Å². The highest BCUT2D eigenvalue weighted by Crippen LogP contribution is 2.70. The molecule has 0 amide bonds. The first-order chi connectivity index (χ1) is 28.7. The van der Waals surface area contributed by atoms with Crippen molar-refractivity contribution in [2.75, 3.05) is 4.90 Å². The van der Waals surface area contributed by atoms with Crippen LogP contribution in [0.4, 0.5) is 17.1 Å². The van der Waals surface area contributed by atoms with Gasteiger partial charge in [-0.05, 0) is 149 Å². The third-order valence-electron chi connectivity index (χ3n) is 15.0. The van der Waals surface area contributed by atoms with Gasteiger partial charge >= 0.3 is 0 Å². The van der Waals surface area contributed by atoms with E-state index in [0.717, 1.165) is 23.7 Å². The normalized spacial score (nSPS) is 22.6. The molecule has 0 aliphatic heterocycles. The number of hydrogen-bond donors (Lipinski definition) is 0. The van der Waals surface area contributed by atoms with Crippen LogP contribution in [0.2, 0.25) is 0 Å². The number of para-hydroxylation sites is 2. The van der Waals surface area contributed by atoms with E-state index >= 15 is 0 Å². The summed E-state index contributed by atoms with van der Waals surface area (Å²) >= 11 is 0. The molecule has 1 aromatic heterocycles. The minimum Gasteiger partial charge on any atom is -0.310 e. The number of anilines is 3. The highest BCUT2D eigenvalue weighted by molar-refractivity contribution is 6.09. The lowest BCUT2D eigenvalue weighted by atomic mass is 9.43. The summed E-state index contributed by atoms with van der Waals surface area (Å²) in [7, 11) is 0. The maximum absolute atomic E-state index is 2.55. The molecule has 4 saturated carbocycles. The van der Waals surface area contributed by atoms with Gasteiger partial charge in [0.15, 0.2) is 0 Å². The van der Waals surface area contributed by atoms with E-state index in [2.05, 4.69) is 191 Å². The van der Waals surface area contributed by atoms with Gasteiger partial charge in [-0.1, -0.05) is 127 Å². The molecule has 0 atom stereocenters. The molecule has 1 spiro atoms. The fourth-order valence-electron chi connectivity index (χ4n) is 12.9. The van der Waals surface area contributed by atoms with Gasteiger partial charge in [0.05, 0.1) is 16.7 Å². The summed E-state index contributed by atoms with van der Waals surface area (Å²) in [5, 5.41) is 5.10. The van der Waals surface area contributed by atoms with Crippen molar-refractivity contribution < 1.29 is 0 Å². The van der Waals surface area contributed by atoms with E-state index in [0.29, 0.717) is 0 Å². The first-order valence-corrected chi connectivity index (χ1v) is 21.4. The van der Waals surface area contributed by atoms with Gasteiger partial charge in [-0.25, -0.2) is 0 Å². The minimum absolute atomic E-state index is 0.125. The minimum atomic E-state index is 0.125. The second-order valence-electron chi connectivity index (χ2n) is 17.7. The van der Waals surface area contributed by atoms with Crippen LogP contribution in [0.15, 0.2) is 182 Å². The van der Waals surface area contributed by atoms with Crippen molar-refractivity contribution in [3.63, 3.8) is 0 Å². The second kappa shape index (κ2) is 12.3. The smallest absolute Gasteiger partial charge is 0.0543 e. The van der Waals surface area contributed by atoms with E-state index in [1.54, 1.807) is 11.1 Å². The van der Waals surface area contributed by atoms with Crippen molar-refractivity contribution in [1.82, 2.24) is 4.57 Å². The van der Waals surface area contributed by atoms with Crippen molar-refractivity contribution in [3.05, 3.63) is 193 Å². The van der Waals surface area contributed by atoms with Gasteiger partial charge in [-0.15, -0.1) is 0 Å². The third-order valence-corrected chi connectivity index (χ3v) is 15.0. The number of hydrogen-bond acceptors (Lipinski definition) is 1. The molecule has 1 heterocycles. The molecule has 2 nitrogen and oxygen atoms in total. The van der Waals surface area contributed by atoms with Gasteiger partial charge in [0, 0.05) is 38.8 Å². The Labute approximate surface area is 340 Å². The Balaban J connectivity index is 0.938. The number of benzene rings is 8. The van der Waals surface area contributed by atoms with Crippen LogP contribution >= 0.6 is 0 Å². The zero-order valence-corrected chi connectivity index (χ0v) is 32.6. The molecule has 14 rings (SSSR count). The van der Waals surface area contributed by atoms with Gasteiger partial charge in [0.1, 0.15) is 0 Å². The SMILES string of the molecule is c1ccc2c(c1)-c1c(N(c3ccc(-c4ccc(-n5c6ccccc6c6ccccc65)cc4)cc3)c3ccc4ccccc4c3)cccc1C21C2CC3CC(C2)CC1C3. The van der Waals surface area contributed by atoms with Crippen LogP contribution in [0.5, 0.6) is 0 Å². The standard InChI is InChI=1S/C56H44N2/c1-2-11-41-35-46(29-24-38(41)10-1)57(54-19-9-16-51-55(54)49-14-3-6-15-50(49)56(51)42-31-36-30-37(33-42)34-43(56)32-36)44-25-20-39(21-26-44)40-22-27-45(28-23-40)58-52-17-7-4-12-47(52)48-13-5-8-18-53(48)58/h1-29,35-37,42-43H,30-34H2. The van der Waals surface area contributed by atoms with E-state index in [-0.39, 0.29) is 5.41 Å². The van der Waals surface area contributed by atoms with Crippen molar-refractivity contribution in [3.8, 4) is 27.9 Å². The molecule has 8 aromatic carbocycles. The highest BCUT2D eigenvalue weighted by atomic mass is 15.1. The number of fused-ring (bicyclic) bond motifs is 7. The summed E-state index contributed by atoms with van der Waals surface area (Å²) in [4.78, 5) is 2.55. The van der Waals surface area contributed by atoms with E-state index in [1.165, 1.54) is 110 Å². The summed E-state index contributed by atoms with van der Waals surface area (Å²) in [5.41, 5.74) is 15.9. The first-order valence-electron chi connectivity index (χ1n) is 21.4. The van der Waals surface area contributed by atoms with Gasteiger partial charge in [-0.3, -0.25) is 0 Å². The van der Waals surface area contributed by atoms with E-state index in [4.69, 9.17) is 0 Å². The Kier molecular flexibility index (Phi) is 6.94. The van der Waals surface area contributed by atoms with Crippen LogP contribution in [0, 0.1) is 23.7 Å². The van der Waals surface area contributed by atoms with Crippen molar-refractivity contribution >= 4 is 49.6 Å². The monoisotopic (exact) mass is 744 g/mol. The Hall–Kier alpha value is -6.38. The summed E-state index contributed by atoms with van der Waals surface area (Å²) in [5.74, 6) is 3.31. The predicted molar refractivity (Wildman–Crippen MR) is 242 cm³/mol. The van der Waals surface area contributed by atoms with Crippen molar-refractivity contribution in [2.45, 2.75) is 37.5 Å². The molecule has 0 unspecified atom stereocenters. The molecule has 2 heteroatoms. The summed E-state index contributed by atoms with van der Waals surface area (Å²) < 4.78 is 2.39. The van der Waals surface area contributed by atoms with Crippen LogP contribution in [0.3, 0.4) is 0 Å². The molecule has 58 heavy (non-hydrogen) atoms. The Morgan fingerprint density at radius 3 is 1.72 bits per heavy atom. The van der Waals surface area contributed by atoms with Crippen LogP contribution < -0.4 is 4.90 Å². The molecular formula is C56H44N2. The Morgan fingerprint density at radius 2 is 1.02 bits per heavy atom. The quantitative estimate of drug-likeness (QED) is 0.170. The molecule has 5 aliphatic carbocycles.